The van der Waals surface area contributed by atoms with Crippen LogP contribution in [0.3, 0.4) is 0 Å². The summed E-state index contributed by atoms with van der Waals surface area (Å²) in [5, 5.41) is 40.2. The maximum atomic E-state index is 13.3. The number of piperidine rings is 4. The fraction of sp³-hybridized carbons (Fsp3) is 0.536. The Morgan fingerprint density at radius 1 is 0.529 bits per heavy atom. The van der Waals surface area contributed by atoms with Crippen molar-refractivity contribution in [1.82, 2.24) is 14.7 Å². The zero-order valence-electron chi connectivity index (χ0n) is 47.3. The Morgan fingerprint density at radius 2 is 0.897 bits per heavy atom. The molecule has 0 bridgehead atoms. The molecule has 0 aliphatic carbocycles. The molecular formula is C56H66ClF12LiN8O9. The Balaban J connectivity index is 0.000000304. The largest absolute Gasteiger partial charge is 1.00 e. The van der Waals surface area contributed by atoms with Gasteiger partial charge in [-0.25, -0.2) is 0 Å². The Labute approximate surface area is 511 Å². The number of likely N-dealkylation sites (tertiary alicyclic amines) is 3. The van der Waals surface area contributed by atoms with Gasteiger partial charge in [0.2, 0.25) is 5.91 Å². The Hall–Kier alpha value is -5.93. The molecule has 0 aromatic heterocycles. The fourth-order valence-corrected chi connectivity index (χ4v) is 10.1. The van der Waals surface area contributed by atoms with E-state index in [9.17, 15) is 87.6 Å². The number of nitro benzene ring substituents is 2. The summed E-state index contributed by atoms with van der Waals surface area (Å²) < 4.78 is 165. The molecule has 0 radical (unpaired) electrons. The van der Waals surface area contributed by atoms with E-state index in [4.69, 9.17) is 9.47 Å². The molecule has 4 saturated heterocycles. The molecule has 4 aromatic rings. The van der Waals surface area contributed by atoms with Gasteiger partial charge in [0.25, 0.3) is 11.4 Å². The minimum absolute atomic E-state index is 0. The number of nitrogens with zero attached hydrogens (tertiary/aromatic N) is 5. The molecular weight excluding hydrogens is 1200 g/mol. The van der Waals surface area contributed by atoms with Crippen molar-refractivity contribution in [3.63, 3.8) is 0 Å². The molecule has 0 spiro atoms. The summed E-state index contributed by atoms with van der Waals surface area (Å²) >= 11 is 0. The molecule has 8 rings (SSSR count). The number of hydrogen-bond donors (Lipinski definition) is 3. The summed E-state index contributed by atoms with van der Waals surface area (Å²) in [4.78, 5) is 48.7. The smallest absolute Gasteiger partial charge is 1.00 e. The van der Waals surface area contributed by atoms with Crippen molar-refractivity contribution in [3.05, 3.63) is 139 Å². The van der Waals surface area contributed by atoms with Crippen molar-refractivity contribution < 1.29 is 123 Å². The quantitative estimate of drug-likeness (QED) is 0.0563. The number of nitro groups is 2. The standard InChI is InChI=1S/C28H32F6N4O4.C16H20F3NO3.C12H14F3N3O2.ClH.Li/c29-27(30,31)20-3-1-19(2-4-20)18-42-23-9-12-36(13-10-23)14-11-26(39)37-15-7-21(8-16-37)35-22-5-6-25(38(40)41)24(17-22)28(32,33)34;17-16(18,19)13-3-1-12(2-4-13)11-23-14-5-8-20(9-6-14)10-7-15(21)22;13-12(14,15)10-7-9(1-2-11(10)18(19)20)17-8-3-5-16-6-4-8;;/h1-6,17,21,23,35H,7-16,18H2;1-4,14H,5-11H2,(H,21,22);1-2,7-8,16-17H,3-6H2;1H;/q;;;;+1/p-1. The van der Waals surface area contributed by atoms with E-state index in [1.54, 1.807) is 4.90 Å². The van der Waals surface area contributed by atoms with Crippen molar-refractivity contribution in [3.8, 4) is 0 Å². The third-order valence-electron chi connectivity index (χ3n) is 14.9. The molecule has 87 heavy (non-hydrogen) atoms. The van der Waals surface area contributed by atoms with E-state index in [0.717, 1.165) is 126 Å². The van der Waals surface area contributed by atoms with Crippen LogP contribution in [0.25, 0.3) is 0 Å². The molecule has 1 amide bonds. The maximum Gasteiger partial charge on any atom is 1.00 e. The van der Waals surface area contributed by atoms with E-state index in [0.29, 0.717) is 56.6 Å². The zero-order chi connectivity index (χ0) is 62.1. The number of alkyl halides is 12. The number of ether oxygens (including phenoxy) is 2. The monoisotopic (exact) mass is 1260 g/mol. The molecule has 4 aromatic carbocycles. The molecule has 4 aliphatic heterocycles. The summed E-state index contributed by atoms with van der Waals surface area (Å²) in [7, 11) is 0. The summed E-state index contributed by atoms with van der Waals surface area (Å²) in [6.07, 6.45) is -12.0. The number of nitrogens with one attached hydrogen (secondary N) is 2. The zero-order valence-corrected chi connectivity index (χ0v) is 48.1. The van der Waals surface area contributed by atoms with Crippen LogP contribution in [-0.4, -0.2) is 126 Å². The van der Waals surface area contributed by atoms with Crippen LogP contribution in [0.2, 0.25) is 0 Å². The van der Waals surface area contributed by atoms with Gasteiger partial charge < -0.3 is 62.4 Å². The van der Waals surface area contributed by atoms with E-state index >= 15 is 0 Å². The Morgan fingerprint density at radius 3 is 1.24 bits per heavy atom. The van der Waals surface area contributed by atoms with Crippen LogP contribution in [0.4, 0.5) is 75.4 Å². The molecule has 0 unspecified atom stereocenters. The normalized spacial score (nSPS) is 17.1. The van der Waals surface area contributed by atoms with Gasteiger partial charge in [-0.1, -0.05) is 24.3 Å². The molecule has 4 N–H and O–H groups in total. The number of halogens is 13. The number of anilines is 2. The number of amides is 1. The average Bonchev–Trinajstić information content (AvgIpc) is 1.68. The third kappa shape index (κ3) is 24.2. The number of nitrogens with two attached hydrogens (primary N) is 1. The van der Waals surface area contributed by atoms with Gasteiger partial charge in [0, 0.05) is 113 Å². The number of carboxylic acids is 1. The second-order valence-electron chi connectivity index (χ2n) is 21.0. The Bertz CT molecular complexity index is 2810. The number of quaternary nitrogens is 1. The second-order valence-corrected chi connectivity index (χ2v) is 21.0. The predicted molar refractivity (Wildman–Crippen MR) is 283 cm³/mol. The van der Waals surface area contributed by atoms with Crippen molar-refractivity contribution in [2.75, 3.05) is 76.1 Å². The predicted octanol–water partition coefficient (Wildman–Crippen LogP) is 3.69. The number of rotatable bonds is 18. The second kappa shape index (κ2) is 33.6. The van der Waals surface area contributed by atoms with Gasteiger partial charge in [-0.05, 0) is 105 Å². The molecule has 31 heteroatoms. The van der Waals surface area contributed by atoms with E-state index in [2.05, 4.69) is 20.9 Å². The number of carbonyl (C=O) groups is 2. The number of hydrogen-bond acceptors (Lipinski definition) is 13. The Kier molecular flexibility index (Phi) is 28.4. The molecule has 476 valence electrons. The number of aliphatic carboxylic acids is 1. The van der Waals surface area contributed by atoms with Gasteiger partial charge in [-0.15, -0.1) is 0 Å². The third-order valence-corrected chi connectivity index (χ3v) is 14.9. The van der Waals surface area contributed by atoms with E-state index in [1.165, 1.54) is 36.4 Å². The molecule has 0 atom stereocenters. The van der Waals surface area contributed by atoms with Gasteiger partial charge in [0.05, 0.1) is 59.5 Å². The fourth-order valence-electron chi connectivity index (χ4n) is 10.1. The van der Waals surface area contributed by atoms with Crippen LogP contribution < -0.4 is 52.3 Å². The average molecular weight is 1270 g/mol. The molecule has 4 aliphatic rings. The summed E-state index contributed by atoms with van der Waals surface area (Å²) in [5.74, 6) is -1.05. The van der Waals surface area contributed by atoms with Crippen LogP contribution in [-0.2, 0) is 57.0 Å². The minimum atomic E-state index is -4.85. The van der Waals surface area contributed by atoms with Crippen molar-refractivity contribution in [2.45, 2.75) is 126 Å². The number of carbonyl (C=O) groups excluding carboxylic acids is 2. The molecule has 4 heterocycles. The van der Waals surface area contributed by atoms with Crippen LogP contribution >= 0.6 is 0 Å². The first-order valence-corrected chi connectivity index (χ1v) is 27.6. The number of carboxylic acid groups (broad SMARTS) is 1. The van der Waals surface area contributed by atoms with Crippen LogP contribution in [0.15, 0.2) is 84.9 Å². The van der Waals surface area contributed by atoms with Crippen molar-refractivity contribution in [2.24, 2.45) is 0 Å². The van der Waals surface area contributed by atoms with Crippen LogP contribution in [0, 0.1) is 20.2 Å². The van der Waals surface area contributed by atoms with Gasteiger partial charge in [-0.2, -0.15) is 52.7 Å². The topological polar surface area (TPSA) is 212 Å². The van der Waals surface area contributed by atoms with Crippen LogP contribution in [0.1, 0.15) is 97.6 Å². The first kappa shape index (κ1) is 73.5. The van der Waals surface area contributed by atoms with E-state index in [-0.39, 0.29) is 92.5 Å². The van der Waals surface area contributed by atoms with E-state index in [1.807, 2.05) is 4.90 Å². The van der Waals surface area contributed by atoms with Gasteiger partial charge in [0.1, 0.15) is 11.1 Å². The summed E-state index contributed by atoms with van der Waals surface area (Å²) in [5.41, 5.74) is -3.99. The van der Waals surface area contributed by atoms with Gasteiger partial charge in [-0.3, -0.25) is 25.0 Å². The number of benzene rings is 4. The van der Waals surface area contributed by atoms with Crippen LogP contribution in [0.5, 0.6) is 0 Å². The molecule has 17 nitrogen and oxygen atoms in total. The SMILES string of the molecule is O=C(CCN1CCC(OCc2ccc(C(F)(F)F)cc2)CC1)N1CCC(Nc2ccc([N+](=O)[O-])c(C(F)(F)F)c2)CC1.O=C([O-])CCN1CCC(OCc2ccc(C(F)(F)F)cc2)CC1.O=[N+]([O-])c1ccc(NC2CC[NH2+]CC2)cc1C(F)(F)F.[Cl-].[Li+]. The molecule has 4 fully saturated rings. The maximum absolute atomic E-state index is 13.3. The minimum Gasteiger partial charge on any atom is -1.00 e. The van der Waals surface area contributed by atoms with Crippen molar-refractivity contribution >= 4 is 34.6 Å². The summed E-state index contributed by atoms with van der Waals surface area (Å²) in [6.45, 7) is 7.34. The molecule has 0 saturated carbocycles. The van der Waals surface area contributed by atoms with E-state index < -0.39 is 74.1 Å². The first-order chi connectivity index (χ1) is 40.0. The summed E-state index contributed by atoms with van der Waals surface area (Å²) in [6, 6.07) is 15.7. The van der Waals surface area contributed by atoms with Gasteiger partial charge >= 0.3 is 43.6 Å². The van der Waals surface area contributed by atoms with Gasteiger partial charge in [0.15, 0.2) is 0 Å². The first-order valence-electron chi connectivity index (χ1n) is 27.6. The van der Waals surface area contributed by atoms with Crippen molar-refractivity contribution in [1.29, 1.82) is 0 Å².